The third kappa shape index (κ3) is 1.52. The van der Waals surface area contributed by atoms with E-state index in [4.69, 9.17) is 4.84 Å². The number of rotatable bonds is 2. The molecule has 1 saturated heterocycles. The van der Waals surface area contributed by atoms with Crippen LogP contribution in [0.4, 0.5) is 0 Å². The summed E-state index contributed by atoms with van der Waals surface area (Å²) in [5.74, 6) is 0.937. The van der Waals surface area contributed by atoms with E-state index in [1.807, 2.05) is 35.4 Å². The van der Waals surface area contributed by atoms with E-state index < -0.39 is 0 Å². The number of para-hydroxylation sites is 1. The van der Waals surface area contributed by atoms with Crippen LogP contribution in [0, 0.1) is 0 Å². The van der Waals surface area contributed by atoms with E-state index in [2.05, 4.69) is 0 Å². The Balaban J connectivity index is 1.95. The smallest absolute Gasteiger partial charge is 0.147 e. The maximum absolute atomic E-state index is 5.48. The molecule has 0 N–H and O–H groups in total. The van der Waals surface area contributed by atoms with Gasteiger partial charge in [-0.1, -0.05) is 18.2 Å². The minimum atomic E-state index is 0.937. The average Bonchev–Trinajstić information content (AvgIpc) is 1.99. The highest BCUT2D eigenvalue weighted by Crippen LogP contribution is 2.14. The second kappa shape index (κ2) is 2.93. The molecule has 58 valence electrons. The van der Waals surface area contributed by atoms with Gasteiger partial charge in [0, 0.05) is 13.1 Å². The molecule has 1 aromatic carbocycles. The summed E-state index contributed by atoms with van der Waals surface area (Å²) in [4.78, 5) is 5.48. The first-order chi connectivity index (χ1) is 5.45. The van der Waals surface area contributed by atoms with Crippen LogP contribution >= 0.6 is 0 Å². The molecule has 0 saturated carbocycles. The van der Waals surface area contributed by atoms with Crippen molar-refractivity contribution in [3.05, 3.63) is 30.3 Å². The number of benzene rings is 1. The Morgan fingerprint density at radius 3 is 2.36 bits per heavy atom. The molecule has 1 aliphatic rings. The molecule has 0 spiro atoms. The van der Waals surface area contributed by atoms with Gasteiger partial charge in [-0.05, 0) is 18.6 Å². The molecule has 1 aliphatic heterocycles. The standard InChI is InChI=1S/C9H11NO/c1-2-5-9(6-3-1)11-10-7-4-8-10/h1-3,5-6H,4,7-8H2. The van der Waals surface area contributed by atoms with Crippen LogP contribution in [0.25, 0.3) is 0 Å². The van der Waals surface area contributed by atoms with E-state index in [0.29, 0.717) is 0 Å². The van der Waals surface area contributed by atoms with Gasteiger partial charge < -0.3 is 4.84 Å². The molecule has 11 heavy (non-hydrogen) atoms. The first-order valence-electron chi connectivity index (χ1n) is 3.93. The van der Waals surface area contributed by atoms with E-state index in [-0.39, 0.29) is 0 Å². The summed E-state index contributed by atoms with van der Waals surface area (Å²) in [6, 6.07) is 9.89. The van der Waals surface area contributed by atoms with Crippen LogP contribution in [0.15, 0.2) is 30.3 Å². The van der Waals surface area contributed by atoms with Crippen LogP contribution in [0.5, 0.6) is 5.75 Å². The van der Waals surface area contributed by atoms with E-state index in [0.717, 1.165) is 18.8 Å². The minimum absolute atomic E-state index is 0.937. The topological polar surface area (TPSA) is 12.5 Å². The van der Waals surface area contributed by atoms with E-state index in [1.54, 1.807) is 0 Å². The van der Waals surface area contributed by atoms with Crippen LogP contribution in [0.1, 0.15) is 6.42 Å². The van der Waals surface area contributed by atoms with Gasteiger partial charge in [0.15, 0.2) is 0 Å². The van der Waals surface area contributed by atoms with E-state index in [1.165, 1.54) is 6.42 Å². The molecule has 1 aromatic rings. The largest absolute Gasteiger partial charge is 0.406 e. The van der Waals surface area contributed by atoms with Crippen molar-refractivity contribution < 1.29 is 4.84 Å². The highest BCUT2D eigenvalue weighted by molar-refractivity contribution is 5.20. The summed E-state index contributed by atoms with van der Waals surface area (Å²) in [5.41, 5.74) is 0. The number of hydroxylamine groups is 2. The second-order valence-electron chi connectivity index (χ2n) is 2.69. The highest BCUT2D eigenvalue weighted by Gasteiger charge is 2.14. The molecule has 0 bridgehead atoms. The summed E-state index contributed by atoms with van der Waals surface area (Å²) in [5, 5.41) is 1.97. The lowest BCUT2D eigenvalue weighted by molar-refractivity contribution is -0.107. The summed E-state index contributed by atoms with van der Waals surface area (Å²) in [6.07, 6.45) is 1.26. The molecule has 1 fully saturated rings. The summed E-state index contributed by atoms with van der Waals surface area (Å²) in [7, 11) is 0. The van der Waals surface area contributed by atoms with Gasteiger partial charge in [0.25, 0.3) is 0 Å². The summed E-state index contributed by atoms with van der Waals surface area (Å²) < 4.78 is 0. The fourth-order valence-electron chi connectivity index (χ4n) is 1.01. The molecule has 0 amide bonds. The van der Waals surface area contributed by atoms with Crippen molar-refractivity contribution in [2.24, 2.45) is 0 Å². The van der Waals surface area contributed by atoms with Gasteiger partial charge >= 0.3 is 0 Å². The van der Waals surface area contributed by atoms with Crippen LogP contribution in [-0.4, -0.2) is 18.2 Å². The fraction of sp³-hybridized carbons (Fsp3) is 0.333. The van der Waals surface area contributed by atoms with Crippen molar-refractivity contribution in [3.63, 3.8) is 0 Å². The van der Waals surface area contributed by atoms with Gasteiger partial charge in [-0.15, -0.1) is 5.06 Å². The van der Waals surface area contributed by atoms with Crippen LogP contribution in [0.3, 0.4) is 0 Å². The van der Waals surface area contributed by atoms with Gasteiger partial charge in [-0.25, -0.2) is 0 Å². The van der Waals surface area contributed by atoms with Crippen molar-refractivity contribution in [3.8, 4) is 5.75 Å². The van der Waals surface area contributed by atoms with Gasteiger partial charge in [-0.2, -0.15) is 0 Å². The molecule has 0 aromatic heterocycles. The minimum Gasteiger partial charge on any atom is -0.406 e. The van der Waals surface area contributed by atoms with Crippen LogP contribution in [-0.2, 0) is 0 Å². The average molecular weight is 149 g/mol. The van der Waals surface area contributed by atoms with Gasteiger partial charge in [0.1, 0.15) is 5.75 Å². The predicted molar refractivity (Wildman–Crippen MR) is 43.3 cm³/mol. The van der Waals surface area contributed by atoms with Gasteiger partial charge in [0.05, 0.1) is 0 Å². The van der Waals surface area contributed by atoms with Gasteiger partial charge in [-0.3, -0.25) is 0 Å². The molecule has 0 unspecified atom stereocenters. The van der Waals surface area contributed by atoms with Crippen LogP contribution < -0.4 is 4.84 Å². The number of nitrogens with zero attached hydrogens (tertiary/aromatic N) is 1. The van der Waals surface area contributed by atoms with Crippen molar-refractivity contribution in [1.29, 1.82) is 0 Å². The van der Waals surface area contributed by atoms with Crippen molar-refractivity contribution in [1.82, 2.24) is 5.06 Å². The van der Waals surface area contributed by atoms with E-state index in [9.17, 15) is 0 Å². The summed E-state index contributed by atoms with van der Waals surface area (Å²) >= 11 is 0. The fourth-order valence-corrected chi connectivity index (χ4v) is 1.01. The highest BCUT2D eigenvalue weighted by atomic mass is 16.7. The predicted octanol–water partition coefficient (Wildman–Crippen LogP) is 1.69. The third-order valence-corrected chi connectivity index (χ3v) is 1.79. The maximum atomic E-state index is 5.48. The normalized spacial score (nSPS) is 17.5. The van der Waals surface area contributed by atoms with Gasteiger partial charge in [0.2, 0.25) is 0 Å². The molecule has 0 aliphatic carbocycles. The molecule has 0 atom stereocenters. The zero-order valence-corrected chi connectivity index (χ0v) is 6.36. The Bertz CT molecular complexity index is 218. The zero-order chi connectivity index (χ0) is 7.52. The monoisotopic (exact) mass is 149 g/mol. The van der Waals surface area contributed by atoms with Crippen molar-refractivity contribution in [2.75, 3.05) is 13.1 Å². The Morgan fingerprint density at radius 1 is 1.09 bits per heavy atom. The Hall–Kier alpha value is -1.02. The molecule has 0 radical (unpaired) electrons. The number of hydrogen-bond donors (Lipinski definition) is 0. The molecule has 2 nitrogen and oxygen atoms in total. The Labute approximate surface area is 66.3 Å². The third-order valence-electron chi connectivity index (χ3n) is 1.79. The zero-order valence-electron chi connectivity index (χ0n) is 6.36. The second-order valence-corrected chi connectivity index (χ2v) is 2.69. The first kappa shape index (κ1) is 6.68. The Morgan fingerprint density at radius 2 is 1.82 bits per heavy atom. The molecular formula is C9H11NO. The molecule has 2 rings (SSSR count). The lowest BCUT2D eigenvalue weighted by Crippen LogP contribution is -2.39. The lowest BCUT2D eigenvalue weighted by atomic mass is 10.3. The van der Waals surface area contributed by atoms with Crippen molar-refractivity contribution in [2.45, 2.75) is 6.42 Å². The molecule has 2 heteroatoms. The van der Waals surface area contributed by atoms with Crippen molar-refractivity contribution >= 4 is 0 Å². The SMILES string of the molecule is c1ccc(ON2CCC2)cc1. The molecule has 1 heterocycles. The molecular weight excluding hydrogens is 138 g/mol. The quantitative estimate of drug-likeness (QED) is 0.634. The maximum Gasteiger partial charge on any atom is 0.147 e. The number of hydrogen-bond acceptors (Lipinski definition) is 2. The summed E-state index contributed by atoms with van der Waals surface area (Å²) in [6.45, 7) is 2.13. The Kier molecular flexibility index (Phi) is 1.78. The van der Waals surface area contributed by atoms with Crippen LogP contribution in [0.2, 0.25) is 0 Å². The first-order valence-corrected chi connectivity index (χ1v) is 3.93. The van der Waals surface area contributed by atoms with E-state index >= 15 is 0 Å². The lowest BCUT2D eigenvalue weighted by Gasteiger charge is -2.29.